The molecule has 2 aliphatic rings. The first-order valence-electron chi connectivity index (χ1n) is 8.59. The number of fused-ring (bicyclic) bond motifs is 1. The molecule has 160 valence electrons. The SMILES string of the molecule is COc1cnc(C(=O)Nc2ccc(F)c(C34COCC3(F)CSC(N)=N4)c2)nc1.Cl. The van der Waals surface area contributed by atoms with Gasteiger partial charge in [0.2, 0.25) is 5.82 Å². The zero-order chi connectivity index (χ0) is 20.6. The zero-order valence-corrected chi connectivity index (χ0v) is 17.4. The second kappa shape index (κ2) is 8.32. The number of amides is 1. The number of hydrogen-bond acceptors (Lipinski definition) is 8. The number of aromatic nitrogens is 2. The molecule has 1 fully saturated rings. The van der Waals surface area contributed by atoms with E-state index in [0.29, 0.717) is 5.75 Å². The van der Waals surface area contributed by atoms with Crippen LogP contribution in [0.15, 0.2) is 35.6 Å². The van der Waals surface area contributed by atoms with E-state index >= 15 is 4.39 Å². The number of hydrogen-bond donors (Lipinski definition) is 2. The summed E-state index contributed by atoms with van der Waals surface area (Å²) in [7, 11) is 1.45. The van der Waals surface area contributed by atoms with Gasteiger partial charge in [-0.15, -0.1) is 12.4 Å². The Hall–Kier alpha value is -2.50. The van der Waals surface area contributed by atoms with Gasteiger partial charge in [0, 0.05) is 17.0 Å². The molecule has 2 atom stereocenters. The van der Waals surface area contributed by atoms with Crippen molar-refractivity contribution in [3.8, 4) is 5.75 Å². The number of nitrogens with zero attached hydrogens (tertiary/aromatic N) is 3. The maximum atomic E-state index is 15.6. The third-order valence-electron chi connectivity index (χ3n) is 4.87. The number of halogens is 3. The van der Waals surface area contributed by atoms with Crippen molar-refractivity contribution in [3.05, 3.63) is 47.8 Å². The van der Waals surface area contributed by atoms with Gasteiger partial charge in [-0.25, -0.2) is 23.7 Å². The summed E-state index contributed by atoms with van der Waals surface area (Å²) in [6, 6.07) is 3.84. The van der Waals surface area contributed by atoms with Crippen molar-refractivity contribution in [3.63, 3.8) is 0 Å². The number of alkyl halides is 1. The molecular weight excluding hydrogens is 440 g/mol. The zero-order valence-electron chi connectivity index (χ0n) is 15.7. The minimum Gasteiger partial charge on any atom is -0.494 e. The molecule has 2 aromatic rings. The van der Waals surface area contributed by atoms with Crippen LogP contribution < -0.4 is 15.8 Å². The Labute approximate surface area is 181 Å². The number of anilines is 1. The first-order valence-corrected chi connectivity index (χ1v) is 9.58. The van der Waals surface area contributed by atoms with Crippen LogP contribution in [0, 0.1) is 5.82 Å². The van der Waals surface area contributed by atoms with Gasteiger partial charge >= 0.3 is 0 Å². The minimum atomic E-state index is -1.91. The fourth-order valence-corrected chi connectivity index (χ4v) is 4.26. The monoisotopic (exact) mass is 457 g/mol. The lowest BCUT2D eigenvalue weighted by atomic mass is 9.79. The molecule has 1 aromatic heterocycles. The minimum absolute atomic E-state index is 0. The Morgan fingerprint density at radius 3 is 2.77 bits per heavy atom. The van der Waals surface area contributed by atoms with Crippen LogP contribution in [0.1, 0.15) is 16.2 Å². The molecule has 30 heavy (non-hydrogen) atoms. The van der Waals surface area contributed by atoms with Crippen molar-refractivity contribution in [1.82, 2.24) is 9.97 Å². The first-order chi connectivity index (χ1) is 13.9. The van der Waals surface area contributed by atoms with Crippen molar-refractivity contribution in [2.75, 3.05) is 31.4 Å². The van der Waals surface area contributed by atoms with Crippen molar-refractivity contribution in [2.24, 2.45) is 10.7 Å². The number of rotatable bonds is 4. The van der Waals surface area contributed by atoms with Gasteiger partial charge in [0.15, 0.2) is 22.1 Å². The number of ether oxygens (including phenoxy) is 2. The average Bonchev–Trinajstić information content (AvgIpc) is 3.06. The van der Waals surface area contributed by atoms with Gasteiger partial charge in [-0.3, -0.25) is 4.79 Å². The van der Waals surface area contributed by atoms with E-state index in [0.717, 1.165) is 17.8 Å². The maximum Gasteiger partial charge on any atom is 0.293 e. The van der Waals surface area contributed by atoms with E-state index in [-0.39, 0.29) is 53.6 Å². The number of methoxy groups -OCH3 is 1. The van der Waals surface area contributed by atoms with Crippen molar-refractivity contribution in [2.45, 2.75) is 11.2 Å². The van der Waals surface area contributed by atoms with E-state index in [9.17, 15) is 9.18 Å². The fourth-order valence-electron chi connectivity index (χ4n) is 3.34. The number of benzene rings is 1. The summed E-state index contributed by atoms with van der Waals surface area (Å²) < 4.78 is 40.6. The highest BCUT2D eigenvalue weighted by atomic mass is 35.5. The van der Waals surface area contributed by atoms with Gasteiger partial charge < -0.3 is 20.5 Å². The lowest BCUT2D eigenvalue weighted by molar-refractivity contribution is 0.101. The molecule has 0 aliphatic carbocycles. The highest BCUT2D eigenvalue weighted by molar-refractivity contribution is 8.13. The molecule has 0 saturated carbocycles. The normalized spacial score (nSPS) is 25.0. The Bertz CT molecular complexity index is 996. The van der Waals surface area contributed by atoms with Crippen LogP contribution in [0.25, 0.3) is 0 Å². The van der Waals surface area contributed by atoms with Gasteiger partial charge in [-0.05, 0) is 18.2 Å². The largest absolute Gasteiger partial charge is 0.494 e. The highest BCUT2D eigenvalue weighted by Crippen LogP contribution is 2.50. The van der Waals surface area contributed by atoms with Gasteiger partial charge in [-0.2, -0.15) is 0 Å². The molecule has 1 aromatic carbocycles. The predicted molar refractivity (Wildman–Crippen MR) is 111 cm³/mol. The van der Waals surface area contributed by atoms with Gasteiger partial charge in [0.05, 0.1) is 32.7 Å². The lowest BCUT2D eigenvalue weighted by Crippen LogP contribution is -2.52. The fraction of sp³-hybridized carbons (Fsp3) is 0.333. The number of aliphatic imine (C=N–C) groups is 1. The second-order valence-electron chi connectivity index (χ2n) is 6.65. The Balaban J connectivity index is 0.00000256. The third kappa shape index (κ3) is 3.68. The molecule has 2 unspecified atom stereocenters. The Kier molecular flexibility index (Phi) is 6.16. The summed E-state index contributed by atoms with van der Waals surface area (Å²) in [5, 5.41) is 2.74. The number of carbonyl (C=O) groups is 1. The second-order valence-corrected chi connectivity index (χ2v) is 7.65. The van der Waals surface area contributed by atoms with Crippen LogP contribution in [0.5, 0.6) is 5.75 Å². The van der Waals surface area contributed by atoms with Gasteiger partial charge in [-0.1, -0.05) is 11.8 Å². The number of carbonyl (C=O) groups excluding carboxylic acids is 1. The molecule has 3 N–H and O–H groups in total. The Morgan fingerprint density at radius 1 is 1.33 bits per heavy atom. The summed E-state index contributed by atoms with van der Waals surface area (Å²) in [4.78, 5) is 24.5. The summed E-state index contributed by atoms with van der Waals surface area (Å²) in [6.07, 6.45) is 2.70. The molecular formula is C18H18ClF2N5O3S. The lowest BCUT2D eigenvalue weighted by Gasteiger charge is -2.38. The predicted octanol–water partition coefficient (Wildman–Crippen LogP) is 2.29. The molecule has 8 nitrogen and oxygen atoms in total. The summed E-state index contributed by atoms with van der Waals surface area (Å²) in [5.74, 6) is -0.984. The molecule has 0 bridgehead atoms. The smallest absolute Gasteiger partial charge is 0.293 e. The molecule has 12 heteroatoms. The van der Waals surface area contributed by atoms with Crippen LogP contribution in [0.4, 0.5) is 14.5 Å². The summed E-state index contributed by atoms with van der Waals surface area (Å²) >= 11 is 1.06. The van der Waals surface area contributed by atoms with E-state index in [1.165, 1.54) is 31.6 Å². The molecule has 1 amide bonds. The van der Waals surface area contributed by atoms with E-state index in [2.05, 4.69) is 20.3 Å². The van der Waals surface area contributed by atoms with E-state index in [4.69, 9.17) is 15.2 Å². The number of nitrogens with two attached hydrogens (primary N) is 1. The summed E-state index contributed by atoms with van der Waals surface area (Å²) in [5.41, 5.74) is 2.50. The van der Waals surface area contributed by atoms with Crippen molar-refractivity contribution < 1.29 is 23.0 Å². The Morgan fingerprint density at radius 2 is 2.07 bits per heavy atom. The quantitative estimate of drug-likeness (QED) is 0.724. The van der Waals surface area contributed by atoms with E-state index < -0.39 is 22.9 Å². The maximum absolute atomic E-state index is 15.6. The van der Waals surface area contributed by atoms with Crippen molar-refractivity contribution >= 4 is 40.9 Å². The van der Waals surface area contributed by atoms with Crippen LogP contribution in [0.3, 0.4) is 0 Å². The van der Waals surface area contributed by atoms with Gasteiger partial charge in [0.1, 0.15) is 5.82 Å². The van der Waals surface area contributed by atoms with Crippen LogP contribution in [0.2, 0.25) is 0 Å². The van der Waals surface area contributed by atoms with E-state index in [1.54, 1.807) is 0 Å². The summed E-state index contributed by atoms with van der Waals surface area (Å²) in [6.45, 7) is -0.368. The molecule has 3 heterocycles. The number of amidine groups is 1. The molecule has 0 radical (unpaired) electrons. The third-order valence-corrected chi connectivity index (χ3v) is 5.86. The van der Waals surface area contributed by atoms with Gasteiger partial charge in [0.25, 0.3) is 5.91 Å². The molecule has 0 spiro atoms. The van der Waals surface area contributed by atoms with Crippen LogP contribution >= 0.6 is 24.2 Å². The highest BCUT2D eigenvalue weighted by Gasteiger charge is 2.61. The standard InChI is InChI=1S/C18H17F2N5O3S.ClH/c1-27-11-5-22-14(23-6-11)15(26)24-10-2-3-13(19)12(4-10)18-8-28-7-17(18,20)9-29-16(21)25-18;/h2-6H,7-9H2,1H3,(H2,21,25)(H,24,26);1H. The molecule has 4 rings (SSSR count). The van der Waals surface area contributed by atoms with E-state index in [1.807, 2.05) is 0 Å². The molecule has 2 aliphatic heterocycles. The van der Waals surface area contributed by atoms with Crippen molar-refractivity contribution in [1.29, 1.82) is 0 Å². The molecule has 1 saturated heterocycles. The van der Waals surface area contributed by atoms with Crippen LogP contribution in [-0.4, -0.2) is 52.8 Å². The number of nitrogens with one attached hydrogen (secondary N) is 1. The average molecular weight is 458 g/mol. The van der Waals surface area contributed by atoms with Crippen LogP contribution in [-0.2, 0) is 10.3 Å². The first kappa shape index (κ1) is 22.2. The topological polar surface area (TPSA) is 112 Å². The number of thioether (sulfide) groups is 1.